The van der Waals surface area contributed by atoms with Crippen LogP contribution in [0.15, 0.2) is 18.2 Å². The van der Waals surface area contributed by atoms with Crippen LogP contribution in [0.5, 0.6) is 11.6 Å². The van der Waals surface area contributed by atoms with E-state index in [1.165, 1.54) is 0 Å². The summed E-state index contributed by atoms with van der Waals surface area (Å²) in [5.74, 6) is 0.577. The fraction of sp³-hybridized carbons (Fsp3) is 0.231. The minimum absolute atomic E-state index is 0.284. The maximum absolute atomic E-state index is 6.05. The number of rotatable bonds is 4. The number of halogens is 3. The number of hydrogen-bond donors (Lipinski definition) is 1. The second-order valence-electron chi connectivity index (χ2n) is 4.16. The molecule has 0 amide bonds. The molecule has 106 valence electrons. The van der Waals surface area contributed by atoms with Crippen molar-refractivity contribution in [2.24, 2.45) is 0 Å². The van der Waals surface area contributed by atoms with E-state index in [1.54, 1.807) is 18.2 Å². The van der Waals surface area contributed by atoms with Gasteiger partial charge in [0, 0.05) is 11.8 Å². The van der Waals surface area contributed by atoms with Gasteiger partial charge >= 0.3 is 0 Å². The molecule has 0 saturated heterocycles. The zero-order valence-electron chi connectivity index (χ0n) is 10.7. The van der Waals surface area contributed by atoms with Crippen LogP contribution in [0.25, 0.3) is 0 Å². The first kappa shape index (κ1) is 15.2. The number of nitrogens with zero attached hydrogens (tertiary/aromatic N) is 2. The molecule has 1 heterocycles. The Morgan fingerprint density at radius 1 is 1.10 bits per heavy atom. The van der Waals surface area contributed by atoms with Crippen molar-refractivity contribution >= 4 is 40.5 Å². The molecule has 4 nitrogen and oxygen atoms in total. The van der Waals surface area contributed by atoms with Gasteiger partial charge in [-0.15, -0.1) is 10.2 Å². The third kappa shape index (κ3) is 3.45. The average Bonchev–Trinajstić information content (AvgIpc) is 2.37. The van der Waals surface area contributed by atoms with Gasteiger partial charge in [0.2, 0.25) is 5.88 Å². The van der Waals surface area contributed by atoms with Gasteiger partial charge in [-0.2, -0.15) is 0 Å². The van der Waals surface area contributed by atoms with E-state index in [9.17, 15) is 0 Å². The average molecular weight is 333 g/mol. The molecule has 0 fully saturated rings. The summed E-state index contributed by atoms with van der Waals surface area (Å²) in [5, 5.41) is 8.71. The molecule has 0 atom stereocenters. The van der Waals surface area contributed by atoms with Crippen molar-refractivity contribution in [3.63, 3.8) is 0 Å². The number of nitrogens with two attached hydrogens (primary N) is 1. The summed E-state index contributed by atoms with van der Waals surface area (Å²) in [6, 6.07) is 4.83. The lowest BCUT2D eigenvalue weighted by Gasteiger charge is -2.10. The molecule has 0 bridgehead atoms. The Kier molecular flexibility index (Phi) is 4.91. The summed E-state index contributed by atoms with van der Waals surface area (Å²) in [4.78, 5) is 0. The van der Waals surface area contributed by atoms with Crippen LogP contribution in [0.3, 0.4) is 0 Å². The molecule has 20 heavy (non-hydrogen) atoms. The molecule has 2 N–H and O–H groups in total. The van der Waals surface area contributed by atoms with Gasteiger partial charge in [-0.1, -0.05) is 48.1 Å². The lowest BCUT2D eigenvalue weighted by Crippen LogP contribution is -1.97. The quantitative estimate of drug-likeness (QED) is 0.820. The van der Waals surface area contributed by atoms with E-state index in [-0.39, 0.29) is 5.88 Å². The zero-order valence-corrected chi connectivity index (χ0v) is 12.9. The highest BCUT2D eigenvalue weighted by Gasteiger charge is 2.12. The second kappa shape index (κ2) is 6.48. The van der Waals surface area contributed by atoms with Crippen molar-refractivity contribution in [3.8, 4) is 11.6 Å². The van der Waals surface area contributed by atoms with Crippen molar-refractivity contribution in [3.05, 3.63) is 39.0 Å². The number of aryl methyl sites for hydroxylation is 1. The van der Waals surface area contributed by atoms with Crippen LogP contribution >= 0.6 is 34.8 Å². The van der Waals surface area contributed by atoms with E-state index in [2.05, 4.69) is 10.2 Å². The van der Waals surface area contributed by atoms with Crippen molar-refractivity contribution in [2.45, 2.75) is 19.8 Å². The summed E-state index contributed by atoms with van der Waals surface area (Å²) >= 11 is 18.1. The molecule has 0 saturated carbocycles. The molecule has 0 aliphatic rings. The molecule has 0 unspecified atom stereocenters. The van der Waals surface area contributed by atoms with Crippen molar-refractivity contribution < 1.29 is 4.74 Å². The Labute approximate surface area is 131 Å². The molecule has 1 aromatic carbocycles. The minimum atomic E-state index is 0.284. The van der Waals surface area contributed by atoms with Crippen LogP contribution in [0.1, 0.15) is 18.9 Å². The van der Waals surface area contributed by atoms with Gasteiger partial charge in [-0.3, -0.25) is 0 Å². The lowest BCUT2D eigenvalue weighted by atomic mass is 10.2. The molecule has 0 aliphatic carbocycles. The third-order valence-electron chi connectivity index (χ3n) is 2.55. The van der Waals surface area contributed by atoms with Crippen molar-refractivity contribution in [2.75, 3.05) is 5.73 Å². The fourth-order valence-electron chi connectivity index (χ4n) is 1.67. The van der Waals surface area contributed by atoms with E-state index in [0.717, 1.165) is 18.4 Å². The van der Waals surface area contributed by atoms with Crippen molar-refractivity contribution in [1.82, 2.24) is 10.2 Å². The summed E-state index contributed by atoms with van der Waals surface area (Å²) in [5.41, 5.74) is 6.96. The van der Waals surface area contributed by atoms with Crippen LogP contribution in [0.4, 0.5) is 5.69 Å². The molecule has 1 aromatic heterocycles. The van der Waals surface area contributed by atoms with Crippen molar-refractivity contribution in [1.29, 1.82) is 0 Å². The monoisotopic (exact) mass is 331 g/mol. The maximum atomic E-state index is 6.05. The topological polar surface area (TPSA) is 61.0 Å². The largest absolute Gasteiger partial charge is 0.434 e. The van der Waals surface area contributed by atoms with Gasteiger partial charge in [0.25, 0.3) is 0 Å². The highest BCUT2D eigenvalue weighted by atomic mass is 35.5. The molecular formula is C13H12Cl3N3O. The van der Waals surface area contributed by atoms with Crippen LogP contribution < -0.4 is 10.5 Å². The van der Waals surface area contributed by atoms with Gasteiger partial charge in [-0.05, 0) is 24.1 Å². The fourth-order valence-corrected chi connectivity index (χ4v) is 2.44. The maximum Gasteiger partial charge on any atom is 0.239 e. The van der Waals surface area contributed by atoms with Gasteiger partial charge in [0.1, 0.15) is 0 Å². The van der Waals surface area contributed by atoms with E-state index < -0.39 is 0 Å². The second-order valence-corrected chi connectivity index (χ2v) is 5.34. The Morgan fingerprint density at radius 2 is 1.75 bits per heavy atom. The number of anilines is 1. The summed E-state index contributed by atoms with van der Waals surface area (Å²) < 4.78 is 5.59. The normalized spacial score (nSPS) is 10.6. The lowest BCUT2D eigenvalue weighted by molar-refractivity contribution is 0.454. The number of benzene rings is 1. The van der Waals surface area contributed by atoms with Gasteiger partial charge in [-0.25, -0.2) is 0 Å². The summed E-state index contributed by atoms with van der Waals surface area (Å²) in [7, 11) is 0. The zero-order chi connectivity index (χ0) is 14.7. The first-order valence-corrected chi connectivity index (χ1v) is 7.09. The molecule has 0 spiro atoms. The van der Waals surface area contributed by atoms with Gasteiger partial charge in [0.05, 0.1) is 10.0 Å². The number of ether oxygens (including phenoxy) is 1. The summed E-state index contributed by atoms with van der Waals surface area (Å²) in [6.07, 6.45) is 1.72. The Morgan fingerprint density at radius 3 is 2.35 bits per heavy atom. The van der Waals surface area contributed by atoms with Crippen LogP contribution in [0.2, 0.25) is 15.2 Å². The van der Waals surface area contributed by atoms with E-state index in [4.69, 9.17) is 45.3 Å². The smallest absolute Gasteiger partial charge is 0.239 e. The highest BCUT2D eigenvalue weighted by molar-refractivity contribution is 6.37. The number of hydrogen-bond acceptors (Lipinski definition) is 4. The predicted octanol–water partition coefficient (Wildman–Crippen LogP) is 4.76. The Hall–Kier alpha value is -1.23. The van der Waals surface area contributed by atoms with Gasteiger partial charge in [0.15, 0.2) is 10.9 Å². The number of nitrogen functional groups attached to an aromatic ring is 1. The first-order valence-electron chi connectivity index (χ1n) is 5.95. The van der Waals surface area contributed by atoms with Crippen LogP contribution in [-0.2, 0) is 6.42 Å². The molecular weight excluding hydrogens is 321 g/mol. The molecule has 7 heteroatoms. The first-order chi connectivity index (χ1) is 9.51. The molecule has 0 aliphatic heterocycles. The number of aromatic nitrogens is 2. The minimum Gasteiger partial charge on any atom is -0.434 e. The Balaban J connectivity index is 2.33. The third-order valence-corrected chi connectivity index (χ3v) is 3.43. The SMILES string of the molecule is CCCc1cc(Oc2c(Cl)cc(N)cc2Cl)nnc1Cl. The van der Waals surface area contributed by atoms with Crippen LogP contribution in [-0.4, -0.2) is 10.2 Å². The molecule has 2 rings (SSSR count). The standard InChI is InChI=1S/C13H12Cl3N3O/c1-2-3-7-4-11(18-19-13(7)16)20-12-9(14)5-8(17)6-10(12)15/h4-6H,2-3,17H2,1H3. The highest BCUT2D eigenvalue weighted by Crippen LogP contribution is 2.37. The predicted molar refractivity (Wildman–Crippen MR) is 82.0 cm³/mol. The Bertz CT molecular complexity index is 611. The molecule has 2 aromatic rings. The van der Waals surface area contributed by atoms with E-state index >= 15 is 0 Å². The van der Waals surface area contributed by atoms with E-state index in [0.29, 0.717) is 26.6 Å². The van der Waals surface area contributed by atoms with Gasteiger partial charge < -0.3 is 10.5 Å². The van der Waals surface area contributed by atoms with E-state index in [1.807, 2.05) is 6.92 Å². The molecule has 0 radical (unpaired) electrons. The summed E-state index contributed by atoms with van der Waals surface area (Å²) in [6.45, 7) is 2.05. The van der Waals surface area contributed by atoms with Crippen LogP contribution in [0, 0.1) is 0 Å².